The summed E-state index contributed by atoms with van der Waals surface area (Å²) >= 11 is 5.71. The van der Waals surface area contributed by atoms with Crippen molar-refractivity contribution in [3.8, 4) is 0 Å². The minimum absolute atomic E-state index is 0.00627. The van der Waals surface area contributed by atoms with Gasteiger partial charge in [0.1, 0.15) is 0 Å². The number of carbonyl (C=O) groups excluding carboxylic acids is 1. The number of rotatable bonds is 6. The molecule has 0 unspecified atom stereocenters. The molecule has 18 heavy (non-hydrogen) atoms. The molecule has 1 aromatic rings. The predicted molar refractivity (Wildman–Crippen MR) is 67.9 cm³/mol. The van der Waals surface area contributed by atoms with Crippen LogP contribution in [0.15, 0.2) is 29.2 Å². The molecule has 0 amide bonds. The lowest BCUT2D eigenvalue weighted by atomic mass is 10.4. The van der Waals surface area contributed by atoms with E-state index in [0.717, 1.165) is 0 Å². The number of carbonyl (C=O) groups is 1. The van der Waals surface area contributed by atoms with Gasteiger partial charge in [0.05, 0.1) is 17.9 Å². The number of hydrogen-bond acceptors (Lipinski definition) is 4. The Morgan fingerprint density at radius 1 is 1.44 bits per heavy atom. The first-order valence-electron chi connectivity index (χ1n) is 5.36. The number of benzene rings is 1. The maximum absolute atomic E-state index is 11.8. The third kappa shape index (κ3) is 4.64. The fourth-order valence-corrected chi connectivity index (χ4v) is 2.57. The average Bonchev–Trinajstić information content (AvgIpc) is 2.29. The zero-order chi connectivity index (χ0) is 13.6. The van der Waals surface area contributed by atoms with Gasteiger partial charge in [0.15, 0.2) is 0 Å². The summed E-state index contributed by atoms with van der Waals surface area (Å²) in [7, 11) is -3.64. The minimum Gasteiger partial charge on any atom is -0.466 e. The number of halogens is 1. The quantitative estimate of drug-likeness (QED) is 0.808. The summed E-state index contributed by atoms with van der Waals surface area (Å²) in [5, 5.41) is 0.336. The zero-order valence-electron chi connectivity index (χ0n) is 9.85. The Morgan fingerprint density at radius 3 is 2.78 bits per heavy atom. The molecule has 0 aliphatic rings. The molecule has 1 N–H and O–H groups in total. The SMILES string of the molecule is CCOC(=O)CCNS(=O)(=O)c1cccc(Cl)c1. The monoisotopic (exact) mass is 291 g/mol. The lowest BCUT2D eigenvalue weighted by Crippen LogP contribution is -2.26. The van der Waals surface area contributed by atoms with E-state index in [-0.39, 0.29) is 24.5 Å². The molecule has 0 atom stereocenters. The summed E-state index contributed by atoms with van der Waals surface area (Å²) in [6.07, 6.45) is -0.00631. The first-order valence-corrected chi connectivity index (χ1v) is 7.22. The van der Waals surface area contributed by atoms with E-state index in [2.05, 4.69) is 9.46 Å². The lowest BCUT2D eigenvalue weighted by Gasteiger charge is -2.06. The standard InChI is InChI=1S/C11H14ClNO4S/c1-2-17-11(14)6-7-13-18(15,16)10-5-3-4-9(12)8-10/h3-5,8,13H,2,6-7H2,1H3. The van der Waals surface area contributed by atoms with E-state index >= 15 is 0 Å². The van der Waals surface area contributed by atoms with Crippen LogP contribution in [0.2, 0.25) is 5.02 Å². The van der Waals surface area contributed by atoms with Gasteiger partial charge in [0, 0.05) is 11.6 Å². The molecule has 0 heterocycles. The van der Waals surface area contributed by atoms with Gasteiger partial charge >= 0.3 is 5.97 Å². The van der Waals surface area contributed by atoms with E-state index in [1.807, 2.05) is 0 Å². The smallest absolute Gasteiger partial charge is 0.307 e. The van der Waals surface area contributed by atoms with E-state index in [1.165, 1.54) is 12.1 Å². The molecule has 0 spiro atoms. The summed E-state index contributed by atoms with van der Waals surface area (Å²) in [6.45, 7) is 1.96. The van der Waals surface area contributed by atoms with E-state index in [9.17, 15) is 13.2 Å². The van der Waals surface area contributed by atoms with Gasteiger partial charge in [0.25, 0.3) is 0 Å². The zero-order valence-corrected chi connectivity index (χ0v) is 11.4. The Morgan fingerprint density at radius 2 is 2.17 bits per heavy atom. The topological polar surface area (TPSA) is 72.5 Å². The molecule has 0 saturated heterocycles. The van der Waals surface area contributed by atoms with Crippen molar-refractivity contribution < 1.29 is 17.9 Å². The minimum atomic E-state index is -3.64. The summed E-state index contributed by atoms with van der Waals surface area (Å²) in [4.78, 5) is 11.1. The molecule has 0 fully saturated rings. The highest BCUT2D eigenvalue weighted by Crippen LogP contribution is 2.14. The molecule has 0 bridgehead atoms. The molecular weight excluding hydrogens is 278 g/mol. The van der Waals surface area contributed by atoms with Gasteiger partial charge in [-0.2, -0.15) is 0 Å². The normalized spacial score (nSPS) is 11.2. The second-order valence-electron chi connectivity index (χ2n) is 3.41. The van der Waals surface area contributed by atoms with Crippen LogP contribution in [0, 0.1) is 0 Å². The number of hydrogen-bond donors (Lipinski definition) is 1. The Labute approximate surface area is 111 Å². The van der Waals surface area contributed by atoms with Crippen LogP contribution in [-0.2, 0) is 19.6 Å². The largest absolute Gasteiger partial charge is 0.466 e. The average molecular weight is 292 g/mol. The van der Waals surface area contributed by atoms with Crippen molar-refractivity contribution in [1.29, 1.82) is 0 Å². The van der Waals surface area contributed by atoms with Crippen molar-refractivity contribution in [3.05, 3.63) is 29.3 Å². The van der Waals surface area contributed by atoms with E-state index < -0.39 is 16.0 Å². The van der Waals surface area contributed by atoms with E-state index in [4.69, 9.17) is 11.6 Å². The Balaban J connectivity index is 2.58. The van der Waals surface area contributed by atoms with E-state index in [1.54, 1.807) is 19.1 Å². The van der Waals surface area contributed by atoms with Crippen molar-refractivity contribution in [2.24, 2.45) is 0 Å². The Hall–Kier alpha value is -1.11. The number of ether oxygens (including phenoxy) is 1. The van der Waals surface area contributed by atoms with Crippen molar-refractivity contribution in [3.63, 3.8) is 0 Å². The lowest BCUT2D eigenvalue weighted by molar-refractivity contribution is -0.142. The van der Waals surface area contributed by atoms with Gasteiger partial charge in [-0.1, -0.05) is 17.7 Å². The highest BCUT2D eigenvalue weighted by atomic mass is 35.5. The van der Waals surface area contributed by atoms with Gasteiger partial charge < -0.3 is 4.74 Å². The van der Waals surface area contributed by atoms with Crippen LogP contribution in [0.3, 0.4) is 0 Å². The fourth-order valence-electron chi connectivity index (χ4n) is 1.24. The van der Waals surface area contributed by atoms with Crippen molar-refractivity contribution in [1.82, 2.24) is 4.72 Å². The third-order valence-corrected chi connectivity index (χ3v) is 3.73. The summed E-state index contributed by atoms with van der Waals surface area (Å²) < 4.78 is 30.6. The molecule has 100 valence electrons. The highest BCUT2D eigenvalue weighted by molar-refractivity contribution is 7.89. The van der Waals surface area contributed by atoms with Crippen molar-refractivity contribution >= 4 is 27.6 Å². The number of esters is 1. The summed E-state index contributed by atoms with van der Waals surface area (Å²) in [5.74, 6) is -0.439. The third-order valence-electron chi connectivity index (χ3n) is 2.03. The molecule has 5 nitrogen and oxygen atoms in total. The van der Waals surface area contributed by atoms with Crippen molar-refractivity contribution in [2.45, 2.75) is 18.2 Å². The van der Waals surface area contributed by atoms with Gasteiger partial charge in [-0.15, -0.1) is 0 Å². The van der Waals surface area contributed by atoms with Gasteiger partial charge in [-0.05, 0) is 25.1 Å². The van der Waals surface area contributed by atoms with Crippen LogP contribution in [-0.4, -0.2) is 27.5 Å². The molecule has 0 saturated carbocycles. The van der Waals surface area contributed by atoms with Crippen LogP contribution in [0.5, 0.6) is 0 Å². The van der Waals surface area contributed by atoms with Crippen LogP contribution in [0.1, 0.15) is 13.3 Å². The summed E-state index contributed by atoms with van der Waals surface area (Å²) in [5.41, 5.74) is 0. The van der Waals surface area contributed by atoms with Gasteiger partial charge in [-0.25, -0.2) is 13.1 Å². The molecule has 0 aromatic heterocycles. The molecule has 1 aromatic carbocycles. The fraction of sp³-hybridized carbons (Fsp3) is 0.364. The second-order valence-corrected chi connectivity index (χ2v) is 5.61. The Kier molecular flexibility index (Phi) is 5.58. The second kappa shape index (κ2) is 6.72. The predicted octanol–water partition coefficient (Wildman–Crippen LogP) is 1.57. The highest BCUT2D eigenvalue weighted by Gasteiger charge is 2.14. The van der Waals surface area contributed by atoms with Gasteiger partial charge in [0.2, 0.25) is 10.0 Å². The Bertz CT molecular complexity index is 516. The van der Waals surface area contributed by atoms with Crippen molar-refractivity contribution in [2.75, 3.05) is 13.2 Å². The molecule has 0 aliphatic heterocycles. The number of nitrogens with one attached hydrogen (secondary N) is 1. The van der Waals surface area contributed by atoms with Crippen LogP contribution in [0.4, 0.5) is 0 Å². The molecular formula is C11H14ClNO4S. The molecule has 0 aliphatic carbocycles. The van der Waals surface area contributed by atoms with E-state index in [0.29, 0.717) is 5.02 Å². The maximum atomic E-state index is 11.8. The van der Waals surface area contributed by atoms with Gasteiger partial charge in [-0.3, -0.25) is 4.79 Å². The molecule has 1 rings (SSSR count). The first kappa shape index (κ1) is 14.9. The van der Waals surface area contributed by atoms with Crippen LogP contribution < -0.4 is 4.72 Å². The maximum Gasteiger partial charge on any atom is 0.307 e. The number of sulfonamides is 1. The van der Waals surface area contributed by atoms with Crippen LogP contribution >= 0.6 is 11.6 Å². The summed E-state index contributed by atoms with van der Waals surface area (Å²) in [6, 6.07) is 5.90. The van der Waals surface area contributed by atoms with Crippen LogP contribution in [0.25, 0.3) is 0 Å². The molecule has 7 heteroatoms. The molecule has 0 radical (unpaired) electrons. The first-order chi connectivity index (χ1) is 8.45.